The van der Waals surface area contributed by atoms with Crippen LogP contribution in [0.25, 0.3) is 11.0 Å². The molecule has 128 valence electrons. The number of aromatic nitrogens is 2. The maximum atomic E-state index is 11.5. The second kappa shape index (κ2) is 6.18. The molecule has 1 saturated carbocycles. The first kappa shape index (κ1) is 15.6. The van der Waals surface area contributed by atoms with Gasteiger partial charge >= 0.3 is 5.97 Å². The fraction of sp³-hybridized carbons (Fsp3) is 0.556. The minimum atomic E-state index is -0.373. The van der Waals surface area contributed by atoms with Crippen molar-refractivity contribution >= 4 is 17.0 Å². The summed E-state index contributed by atoms with van der Waals surface area (Å²) in [7, 11) is 1.43. The summed E-state index contributed by atoms with van der Waals surface area (Å²) in [6.45, 7) is 2.11. The fourth-order valence-corrected chi connectivity index (χ4v) is 4.42. The van der Waals surface area contributed by atoms with Crippen molar-refractivity contribution in [1.82, 2.24) is 14.5 Å². The standard InChI is InChI=1S/C18H23N3O3/c1-24-18(23)10-20-8-12-6-16(17(22)7-13(12)9-20)21-11-19-14-4-2-3-5-15(14)21/h2-5,11-13,16-17,22H,6-10H2,1H3/t12-,13+,16-,17-/m1/s1. The van der Waals surface area contributed by atoms with Gasteiger partial charge in [-0.15, -0.1) is 0 Å². The van der Waals surface area contributed by atoms with Gasteiger partial charge in [-0.1, -0.05) is 12.1 Å². The summed E-state index contributed by atoms with van der Waals surface area (Å²) < 4.78 is 6.90. The Morgan fingerprint density at radius 2 is 2.04 bits per heavy atom. The quantitative estimate of drug-likeness (QED) is 0.864. The first-order chi connectivity index (χ1) is 11.7. The van der Waals surface area contributed by atoms with Crippen molar-refractivity contribution in [3.05, 3.63) is 30.6 Å². The summed E-state index contributed by atoms with van der Waals surface area (Å²) >= 11 is 0. The van der Waals surface area contributed by atoms with E-state index in [1.807, 2.05) is 24.5 Å². The average Bonchev–Trinajstić information content (AvgIpc) is 3.17. The number of imidazole rings is 1. The number of methoxy groups -OCH3 is 1. The van der Waals surface area contributed by atoms with Crippen molar-refractivity contribution in [2.75, 3.05) is 26.7 Å². The Hall–Kier alpha value is -1.92. The van der Waals surface area contributed by atoms with Gasteiger partial charge in [-0.2, -0.15) is 0 Å². The number of nitrogens with zero attached hydrogens (tertiary/aromatic N) is 3. The van der Waals surface area contributed by atoms with E-state index >= 15 is 0 Å². The molecule has 2 aliphatic rings. The molecule has 1 aromatic carbocycles. The van der Waals surface area contributed by atoms with Crippen LogP contribution in [0.3, 0.4) is 0 Å². The maximum absolute atomic E-state index is 11.5. The molecule has 6 nitrogen and oxygen atoms in total. The summed E-state index contributed by atoms with van der Waals surface area (Å²) in [4.78, 5) is 18.1. The Balaban J connectivity index is 1.52. The molecule has 1 saturated heterocycles. The van der Waals surface area contributed by atoms with Crippen LogP contribution in [0.5, 0.6) is 0 Å². The van der Waals surface area contributed by atoms with Crippen LogP contribution in [0.4, 0.5) is 0 Å². The Labute approximate surface area is 141 Å². The molecule has 2 aromatic rings. The van der Waals surface area contributed by atoms with Gasteiger partial charge in [0.25, 0.3) is 0 Å². The van der Waals surface area contributed by atoms with Crippen molar-refractivity contribution < 1.29 is 14.6 Å². The molecule has 1 aromatic heterocycles. The van der Waals surface area contributed by atoms with Crippen molar-refractivity contribution in [3.63, 3.8) is 0 Å². The number of hydrogen-bond acceptors (Lipinski definition) is 5. The topological polar surface area (TPSA) is 67.6 Å². The summed E-state index contributed by atoms with van der Waals surface area (Å²) in [5.74, 6) is 0.770. The lowest BCUT2D eigenvalue weighted by molar-refractivity contribution is -0.141. The SMILES string of the molecule is COC(=O)CN1C[C@H]2C[C@@H](n3cnc4ccccc43)[C@H](O)C[C@H]2C1. The third-order valence-corrected chi connectivity index (χ3v) is 5.60. The molecule has 24 heavy (non-hydrogen) atoms. The number of para-hydroxylation sites is 2. The van der Waals surface area contributed by atoms with Crippen LogP contribution in [-0.2, 0) is 9.53 Å². The molecule has 1 aliphatic carbocycles. The second-order valence-electron chi connectivity index (χ2n) is 7.04. The number of ether oxygens (including phenoxy) is 1. The first-order valence-corrected chi connectivity index (χ1v) is 8.54. The summed E-state index contributed by atoms with van der Waals surface area (Å²) in [5, 5.41) is 10.7. The molecular formula is C18H23N3O3. The number of rotatable bonds is 3. The Morgan fingerprint density at radius 1 is 1.29 bits per heavy atom. The summed E-state index contributed by atoms with van der Waals surface area (Å²) in [6, 6.07) is 8.09. The fourth-order valence-electron chi connectivity index (χ4n) is 4.42. The highest BCUT2D eigenvalue weighted by atomic mass is 16.5. The van der Waals surface area contributed by atoms with Crippen molar-refractivity contribution in [2.45, 2.75) is 25.0 Å². The minimum Gasteiger partial charge on any atom is -0.468 e. The van der Waals surface area contributed by atoms with E-state index in [4.69, 9.17) is 4.74 Å². The van der Waals surface area contributed by atoms with E-state index < -0.39 is 0 Å². The number of aliphatic hydroxyl groups excluding tert-OH is 1. The van der Waals surface area contributed by atoms with Crippen molar-refractivity contribution in [3.8, 4) is 0 Å². The number of carbonyl (C=O) groups is 1. The molecule has 0 radical (unpaired) electrons. The van der Waals surface area contributed by atoms with Gasteiger partial charge in [0.2, 0.25) is 0 Å². The van der Waals surface area contributed by atoms with E-state index in [1.54, 1.807) is 0 Å². The molecule has 0 amide bonds. The lowest BCUT2D eigenvalue weighted by atomic mass is 9.77. The average molecular weight is 329 g/mol. The predicted octanol–water partition coefficient (Wildman–Crippen LogP) is 1.45. The Kier molecular flexibility index (Phi) is 4.02. The normalized spacial score (nSPS) is 30.4. The molecule has 4 atom stereocenters. The van der Waals surface area contributed by atoms with E-state index in [0.29, 0.717) is 18.4 Å². The summed E-state index contributed by atoms with van der Waals surface area (Å²) in [5.41, 5.74) is 2.04. The first-order valence-electron chi connectivity index (χ1n) is 8.54. The van der Waals surface area contributed by atoms with Crippen LogP contribution < -0.4 is 0 Å². The molecule has 1 N–H and O–H groups in total. The zero-order valence-electron chi connectivity index (χ0n) is 13.8. The van der Waals surface area contributed by atoms with E-state index in [0.717, 1.165) is 37.0 Å². The van der Waals surface area contributed by atoms with Gasteiger partial charge in [0.15, 0.2) is 0 Å². The van der Waals surface area contributed by atoms with Crippen LogP contribution in [0.2, 0.25) is 0 Å². The molecule has 6 heteroatoms. The minimum absolute atomic E-state index is 0.0525. The van der Waals surface area contributed by atoms with Gasteiger partial charge in [0, 0.05) is 13.1 Å². The zero-order chi connectivity index (χ0) is 16.7. The number of benzene rings is 1. The van der Waals surface area contributed by atoms with Gasteiger partial charge in [0.1, 0.15) is 0 Å². The van der Waals surface area contributed by atoms with Gasteiger partial charge in [-0.05, 0) is 36.8 Å². The highest BCUT2D eigenvalue weighted by Crippen LogP contribution is 2.42. The third kappa shape index (κ3) is 2.70. The van der Waals surface area contributed by atoms with E-state index in [-0.39, 0.29) is 18.1 Å². The van der Waals surface area contributed by atoms with Crippen LogP contribution in [0.15, 0.2) is 30.6 Å². The van der Waals surface area contributed by atoms with Crippen molar-refractivity contribution in [1.29, 1.82) is 0 Å². The predicted molar refractivity (Wildman–Crippen MR) is 89.4 cm³/mol. The molecule has 0 spiro atoms. The highest BCUT2D eigenvalue weighted by Gasteiger charge is 2.42. The van der Waals surface area contributed by atoms with Crippen LogP contribution >= 0.6 is 0 Å². The van der Waals surface area contributed by atoms with Gasteiger partial charge in [-0.3, -0.25) is 9.69 Å². The largest absolute Gasteiger partial charge is 0.468 e. The van der Waals surface area contributed by atoms with E-state index in [9.17, 15) is 9.90 Å². The van der Waals surface area contributed by atoms with Crippen LogP contribution in [-0.4, -0.2) is 58.4 Å². The number of hydrogen-bond donors (Lipinski definition) is 1. The van der Waals surface area contributed by atoms with Gasteiger partial charge < -0.3 is 14.4 Å². The van der Waals surface area contributed by atoms with E-state index in [1.165, 1.54) is 7.11 Å². The summed E-state index contributed by atoms with van der Waals surface area (Å²) in [6.07, 6.45) is 3.17. The molecule has 0 unspecified atom stereocenters. The smallest absolute Gasteiger partial charge is 0.319 e. The van der Waals surface area contributed by atoms with Gasteiger partial charge in [-0.25, -0.2) is 4.98 Å². The van der Waals surface area contributed by atoms with Crippen LogP contribution in [0.1, 0.15) is 18.9 Å². The lowest BCUT2D eigenvalue weighted by Crippen LogP contribution is -2.36. The second-order valence-corrected chi connectivity index (χ2v) is 7.04. The van der Waals surface area contributed by atoms with Gasteiger partial charge in [0.05, 0.1) is 43.2 Å². The third-order valence-electron chi connectivity index (χ3n) is 5.60. The number of aliphatic hydroxyl groups is 1. The zero-order valence-corrected chi connectivity index (χ0v) is 13.8. The number of carbonyl (C=O) groups excluding carboxylic acids is 1. The van der Waals surface area contributed by atoms with Crippen molar-refractivity contribution in [2.24, 2.45) is 11.8 Å². The number of esters is 1. The highest BCUT2D eigenvalue weighted by molar-refractivity contribution is 5.75. The number of fused-ring (bicyclic) bond motifs is 2. The molecule has 4 rings (SSSR count). The maximum Gasteiger partial charge on any atom is 0.319 e. The monoisotopic (exact) mass is 329 g/mol. The molecular weight excluding hydrogens is 306 g/mol. The molecule has 1 aliphatic heterocycles. The Bertz CT molecular complexity index is 744. The van der Waals surface area contributed by atoms with Crippen LogP contribution in [0, 0.1) is 11.8 Å². The molecule has 0 bridgehead atoms. The number of likely N-dealkylation sites (tertiary alicyclic amines) is 1. The molecule has 2 heterocycles. The molecule has 2 fully saturated rings. The Morgan fingerprint density at radius 3 is 2.83 bits per heavy atom. The lowest BCUT2D eigenvalue weighted by Gasteiger charge is -2.36. The van der Waals surface area contributed by atoms with E-state index in [2.05, 4.69) is 20.5 Å².